The number of hydrogen-bond acceptors (Lipinski definition) is 3. The molecule has 0 bridgehead atoms. The van der Waals surface area contributed by atoms with Gasteiger partial charge >= 0.3 is 5.97 Å². The summed E-state index contributed by atoms with van der Waals surface area (Å²) in [7, 11) is -1.31. The molecule has 2 N–H and O–H groups in total. The van der Waals surface area contributed by atoms with E-state index in [2.05, 4.69) is 21.2 Å². The molecule has 0 aliphatic rings. The van der Waals surface area contributed by atoms with Crippen LogP contribution in [0.1, 0.15) is 16.8 Å². The maximum absolute atomic E-state index is 12.2. The van der Waals surface area contributed by atoms with E-state index in [0.29, 0.717) is 10.5 Å². The van der Waals surface area contributed by atoms with Crippen LogP contribution in [-0.2, 0) is 15.6 Å². The second-order valence-electron chi connectivity index (χ2n) is 5.03. The second-order valence-corrected chi connectivity index (χ2v) is 7.51. The highest BCUT2D eigenvalue weighted by molar-refractivity contribution is 9.10. The first kappa shape index (κ1) is 18.4. The van der Waals surface area contributed by atoms with Gasteiger partial charge in [-0.15, -0.1) is 0 Å². The third kappa shape index (κ3) is 5.28. The normalized spacial score (nSPS) is 13.0. The highest BCUT2D eigenvalue weighted by Crippen LogP contribution is 2.12. The second kappa shape index (κ2) is 8.75. The minimum absolute atomic E-state index is 0.0799. The summed E-state index contributed by atoms with van der Waals surface area (Å²) in [4.78, 5) is 24.2. The van der Waals surface area contributed by atoms with Crippen molar-refractivity contribution in [2.45, 2.75) is 17.4 Å². The Morgan fingerprint density at radius 1 is 1.12 bits per heavy atom. The van der Waals surface area contributed by atoms with Gasteiger partial charge in [-0.3, -0.25) is 9.00 Å². The summed E-state index contributed by atoms with van der Waals surface area (Å²) >= 11 is 3.26. The van der Waals surface area contributed by atoms with Crippen molar-refractivity contribution >= 4 is 38.6 Å². The smallest absolute Gasteiger partial charge is 0.326 e. The van der Waals surface area contributed by atoms with Crippen LogP contribution in [0.2, 0.25) is 0 Å². The predicted octanol–water partition coefficient (Wildman–Crippen LogP) is 2.83. The molecule has 0 unspecified atom stereocenters. The number of halogens is 1. The van der Waals surface area contributed by atoms with Crippen molar-refractivity contribution in [3.63, 3.8) is 0 Å². The van der Waals surface area contributed by atoms with E-state index in [1.165, 1.54) is 0 Å². The largest absolute Gasteiger partial charge is 0.480 e. The number of carboxylic acid groups (broad SMARTS) is 1. The lowest BCUT2D eigenvalue weighted by molar-refractivity contribution is -0.139. The Bertz CT molecular complexity index is 751. The van der Waals surface area contributed by atoms with E-state index >= 15 is 0 Å². The Hall–Kier alpha value is -1.99. The third-order valence-corrected chi connectivity index (χ3v) is 5.19. The fraction of sp³-hybridized carbons (Fsp3) is 0.176. The lowest BCUT2D eigenvalue weighted by Crippen LogP contribution is -2.41. The Morgan fingerprint density at radius 2 is 1.83 bits per heavy atom. The van der Waals surface area contributed by atoms with Gasteiger partial charge < -0.3 is 10.4 Å². The van der Waals surface area contributed by atoms with Crippen molar-refractivity contribution in [3.05, 3.63) is 64.6 Å². The molecule has 24 heavy (non-hydrogen) atoms. The number of amides is 1. The average Bonchev–Trinajstić information content (AvgIpc) is 2.58. The fourth-order valence-electron chi connectivity index (χ4n) is 2.04. The summed E-state index contributed by atoms with van der Waals surface area (Å²) in [6.07, 6.45) is 0.0799. The molecule has 0 spiro atoms. The first-order valence-electron chi connectivity index (χ1n) is 7.20. The molecule has 2 aromatic carbocycles. The molecular weight excluding hydrogens is 394 g/mol. The van der Waals surface area contributed by atoms with Gasteiger partial charge in [-0.1, -0.05) is 40.2 Å². The number of benzene rings is 2. The average molecular weight is 410 g/mol. The molecule has 126 valence electrons. The van der Waals surface area contributed by atoms with Crippen LogP contribution in [0.15, 0.2) is 64.0 Å². The lowest BCUT2D eigenvalue weighted by Gasteiger charge is -2.14. The summed E-state index contributed by atoms with van der Waals surface area (Å²) in [5.41, 5.74) is 0.361. The van der Waals surface area contributed by atoms with Gasteiger partial charge in [0.1, 0.15) is 6.04 Å². The summed E-state index contributed by atoms with van der Waals surface area (Å²) in [5, 5.41) is 11.8. The van der Waals surface area contributed by atoms with Gasteiger partial charge in [0.05, 0.1) is 10.8 Å². The van der Waals surface area contributed by atoms with Crippen molar-refractivity contribution in [2.24, 2.45) is 0 Å². The topological polar surface area (TPSA) is 83.5 Å². The Morgan fingerprint density at radius 3 is 2.46 bits per heavy atom. The van der Waals surface area contributed by atoms with Crippen LogP contribution in [-0.4, -0.2) is 33.0 Å². The number of nitrogens with one attached hydrogen (secondary N) is 1. The fourth-order valence-corrected chi connectivity index (χ4v) is 3.59. The quantitative estimate of drug-likeness (QED) is 0.736. The summed E-state index contributed by atoms with van der Waals surface area (Å²) < 4.78 is 12.9. The molecule has 2 rings (SSSR count). The zero-order valence-corrected chi connectivity index (χ0v) is 15.0. The molecule has 0 aliphatic heterocycles. The molecule has 0 saturated heterocycles. The van der Waals surface area contributed by atoms with Gasteiger partial charge in [0.15, 0.2) is 0 Å². The summed E-state index contributed by atoms with van der Waals surface area (Å²) in [6.45, 7) is 0. The number of carbonyl (C=O) groups excluding carboxylic acids is 1. The molecule has 1 amide bonds. The lowest BCUT2D eigenvalue weighted by atomic mass is 10.1. The molecule has 0 aromatic heterocycles. The van der Waals surface area contributed by atoms with E-state index in [1.54, 1.807) is 48.5 Å². The third-order valence-electron chi connectivity index (χ3n) is 3.29. The van der Waals surface area contributed by atoms with Crippen molar-refractivity contribution in [2.75, 3.05) is 5.75 Å². The van der Waals surface area contributed by atoms with Gasteiger partial charge in [-0.2, -0.15) is 0 Å². The van der Waals surface area contributed by atoms with E-state index in [1.807, 2.05) is 6.07 Å². The maximum atomic E-state index is 12.2. The number of aliphatic carboxylic acids is 1. The van der Waals surface area contributed by atoms with Gasteiger partial charge in [0.25, 0.3) is 5.91 Å². The molecule has 2 atom stereocenters. The van der Waals surface area contributed by atoms with E-state index in [4.69, 9.17) is 0 Å². The number of carbonyl (C=O) groups is 2. The summed E-state index contributed by atoms with van der Waals surface area (Å²) in [6, 6.07) is 14.4. The molecular formula is C17H16BrNO4S. The molecule has 0 radical (unpaired) electrons. The molecule has 0 heterocycles. The van der Waals surface area contributed by atoms with E-state index in [9.17, 15) is 18.9 Å². The van der Waals surface area contributed by atoms with Crippen LogP contribution in [0.25, 0.3) is 0 Å². The molecule has 2 aromatic rings. The minimum atomic E-state index is -1.31. The molecule has 0 fully saturated rings. The molecule has 7 heteroatoms. The van der Waals surface area contributed by atoms with Crippen LogP contribution in [0.5, 0.6) is 0 Å². The number of hydrogen-bond donors (Lipinski definition) is 2. The van der Waals surface area contributed by atoms with Crippen LogP contribution in [0.3, 0.4) is 0 Å². The Labute approximate surface area is 150 Å². The molecule has 0 saturated carbocycles. The van der Waals surface area contributed by atoms with Gasteiger partial charge in [-0.25, -0.2) is 4.79 Å². The van der Waals surface area contributed by atoms with Gasteiger partial charge in [0, 0.05) is 20.7 Å². The number of rotatable bonds is 7. The maximum Gasteiger partial charge on any atom is 0.326 e. The minimum Gasteiger partial charge on any atom is -0.480 e. The Kier molecular flexibility index (Phi) is 6.69. The van der Waals surface area contributed by atoms with Crippen LogP contribution >= 0.6 is 15.9 Å². The monoisotopic (exact) mass is 409 g/mol. The first-order valence-corrected chi connectivity index (χ1v) is 9.31. The van der Waals surface area contributed by atoms with Crippen LogP contribution < -0.4 is 5.32 Å². The van der Waals surface area contributed by atoms with Crippen molar-refractivity contribution in [3.8, 4) is 0 Å². The van der Waals surface area contributed by atoms with Crippen molar-refractivity contribution in [1.29, 1.82) is 0 Å². The zero-order valence-electron chi connectivity index (χ0n) is 12.6. The molecule has 0 aliphatic carbocycles. The highest BCUT2D eigenvalue weighted by atomic mass is 79.9. The molecule has 5 nitrogen and oxygen atoms in total. The van der Waals surface area contributed by atoms with E-state index < -0.39 is 28.7 Å². The van der Waals surface area contributed by atoms with E-state index in [-0.39, 0.29) is 12.2 Å². The van der Waals surface area contributed by atoms with Gasteiger partial charge in [-0.05, 0) is 36.8 Å². The Balaban J connectivity index is 1.98. The SMILES string of the molecule is O=C(N[C@@H](CC[S@](=O)c1ccccc1)C(=O)O)c1cccc(Br)c1. The van der Waals surface area contributed by atoms with Crippen molar-refractivity contribution in [1.82, 2.24) is 5.32 Å². The van der Waals surface area contributed by atoms with Crippen molar-refractivity contribution < 1.29 is 18.9 Å². The zero-order chi connectivity index (χ0) is 17.5. The highest BCUT2D eigenvalue weighted by Gasteiger charge is 2.21. The standard InChI is InChI=1S/C17H16BrNO4S/c18-13-6-4-5-12(11-13)16(20)19-15(17(21)22)9-10-24(23)14-7-2-1-3-8-14/h1-8,11,15H,9-10H2,(H,19,20)(H,21,22)/t15-,24-/m0/s1. The number of carboxylic acids is 1. The van der Waals surface area contributed by atoms with Gasteiger partial charge in [0.2, 0.25) is 0 Å². The van der Waals surface area contributed by atoms with E-state index in [0.717, 1.165) is 4.47 Å². The first-order chi connectivity index (χ1) is 11.5. The summed E-state index contributed by atoms with van der Waals surface area (Å²) in [5.74, 6) is -1.47. The van der Waals surface area contributed by atoms with Crippen LogP contribution in [0.4, 0.5) is 0 Å². The predicted molar refractivity (Wildman–Crippen MR) is 95.4 cm³/mol. The van der Waals surface area contributed by atoms with Crippen LogP contribution in [0, 0.1) is 0 Å².